The van der Waals surface area contributed by atoms with Crippen LogP contribution in [0.25, 0.3) is 10.8 Å². The number of nitrogens with one attached hydrogen (secondary N) is 2. The van der Waals surface area contributed by atoms with Crippen molar-refractivity contribution in [1.82, 2.24) is 10.7 Å². The first kappa shape index (κ1) is 23.8. The van der Waals surface area contributed by atoms with E-state index in [0.717, 1.165) is 47.6 Å². The van der Waals surface area contributed by atoms with Crippen LogP contribution in [0.4, 0.5) is 4.79 Å². The Labute approximate surface area is 203 Å². The molecule has 4 rings (SSSR count). The first-order valence-corrected chi connectivity index (χ1v) is 11.6. The van der Waals surface area contributed by atoms with Crippen molar-refractivity contribution >= 4 is 29.0 Å². The lowest BCUT2D eigenvalue weighted by Crippen LogP contribution is -2.36. The number of aromatic hydroxyl groups is 1. The summed E-state index contributed by atoms with van der Waals surface area (Å²) in [4.78, 5) is 24.6. The summed E-state index contributed by atoms with van der Waals surface area (Å²) < 4.78 is 5.49. The van der Waals surface area contributed by atoms with Crippen molar-refractivity contribution in [3.05, 3.63) is 76.9 Å². The van der Waals surface area contributed by atoms with E-state index in [9.17, 15) is 14.7 Å². The summed E-state index contributed by atoms with van der Waals surface area (Å²) in [5.41, 5.74) is 4.31. The van der Waals surface area contributed by atoms with E-state index in [-0.39, 0.29) is 29.5 Å². The monoisotopic (exact) mass is 470 g/mol. The van der Waals surface area contributed by atoms with Crippen LogP contribution in [-0.2, 0) is 11.3 Å². The highest BCUT2D eigenvalue weighted by atomic mass is 16.5. The number of phenols is 1. The Bertz CT molecular complexity index is 1310. The van der Waals surface area contributed by atoms with E-state index in [4.69, 9.17) is 10.00 Å². The molecule has 0 spiro atoms. The van der Waals surface area contributed by atoms with Crippen molar-refractivity contribution in [2.45, 2.75) is 44.8 Å². The number of benzene rings is 3. The molecule has 3 aromatic carbocycles. The van der Waals surface area contributed by atoms with Crippen molar-refractivity contribution in [2.75, 3.05) is 0 Å². The molecule has 0 atom stereocenters. The number of nitriles is 1. The van der Waals surface area contributed by atoms with E-state index in [1.165, 1.54) is 30.8 Å². The highest BCUT2D eigenvalue weighted by Gasteiger charge is 2.16. The van der Waals surface area contributed by atoms with Crippen LogP contribution < -0.4 is 10.7 Å². The second kappa shape index (κ2) is 11.2. The first-order chi connectivity index (χ1) is 17.0. The number of nitrogens with zero attached hydrogens (tertiary/aromatic N) is 2. The van der Waals surface area contributed by atoms with Gasteiger partial charge in [-0.3, -0.25) is 4.79 Å². The molecule has 0 heterocycles. The minimum atomic E-state index is -0.504. The Kier molecular flexibility index (Phi) is 7.58. The SMILES string of the molecule is N#Cc1cc(C(=O)N/N=C/c2ccc(COC(=O)NC3CCCCC3)c3ccccc23)ccc1O. The molecule has 2 amide bonds. The number of carbonyl (C=O) groups excluding carboxylic acids is 2. The molecule has 1 aliphatic carbocycles. The van der Waals surface area contributed by atoms with E-state index < -0.39 is 12.0 Å². The van der Waals surface area contributed by atoms with Crippen molar-refractivity contribution < 1.29 is 19.4 Å². The Morgan fingerprint density at radius 1 is 1.09 bits per heavy atom. The molecule has 0 radical (unpaired) electrons. The van der Waals surface area contributed by atoms with Gasteiger partial charge in [-0.05, 0) is 47.4 Å². The minimum absolute atomic E-state index is 0.0119. The maximum Gasteiger partial charge on any atom is 0.407 e. The number of phenolic OH excluding ortho intramolecular Hbond substituents is 1. The summed E-state index contributed by atoms with van der Waals surface area (Å²) in [6.07, 6.45) is 6.61. The first-order valence-electron chi connectivity index (χ1n) is 11.6. The molecule has 0 unspecified atom stereocenters. The van der Waals surface area contributed by atoms with E-state index in [2.05, 4.69) is 15.8 Å². The van der Waals surface area contributed by atoms with Gasteiger partial charge in [0, 0.05) is 17.2 Å². The molecule has 35 heavy (non-hydrogen) atoms. The predicted octanol–water partition coefficient (Wildman–Crippen LogP) is 4.74. The van der Waals surface area contributed by atoms with Crippen LogP contribution >= 0.6 is 0 Å². The number of rotatable bonds is 6. The fourth-order valence-corrected chi connectivity index (χ4v) is 4.21. The summed E-state index contributed by atoms with van der Waals surface area (Å²) >= 11 is 0. The van der Waals surface area contributed by atoms with Crippen LogP contribution in [0.5, 0.6) is 5.75 Å². The van der Waals surface area contributed by atoms with Crippen molar-refractivity contribution in [3.8, 4) is 11.8 Å². The van der Waals surface area contributed by atoms with Crippen LogP contribution in [0.3, 0.4) is 0 Å². The number of hydrazone groups is 1. The van der Waals surface area contributed by atoms with Gasteiger partial charge in [-0.1, -0.05) is 55.7 Å². The fraction of sp³-hybridized carbons (Fsp3) is 0.259. The lowest BCUT2D eigenvalue weighted by atomic mass is 9.96. The molecule has 0 aromatic heterocycles. The summed E-state index contributed by atoms with van der Waals surface area (Å²) in [5.74, 6) is -0.689. The average Bonchev–Trinajstić information content (AvgIpc) is 2.88. The van der Waals surface area contributed by atoms with Crippen molar-refractivity contribution in [2.24, 2.45) is 5.10 Å². The lowest BCUT2D eigenvalue weighted by Gasteiger charge is -2.22. The van der Waals surface area contributed by atoms with Gasteiger partial charge in [-0.2, -0.15) is 10.4 Å². The van der Waals surface area contributed by atoms with Crippen LogP contribution in [0.1, 0.15) is 59.2 Å². The summed E-state index contributed by atoms with van der Waals surface area (Å²) in [6.45, 7) is 0.148. The van der Waals surface area contributed by atoms with Crippen molar-refractivity contribution in [1.29, 1.82) is 5.26 Å². The zero-order chi connectivity index (χ0) is 24.6. The topological polar surface area (TPSA) is 124 Å². The average molecular weight is 471 g/mol. The van der Waals surface area contributed by atoms with E-state index in [0.29, 0.717) is 0 Å². The normalized spacial score (nSPS) is 13.9. The maximum absolute atomic E-state index is 12.4. The van der Waals surface area contributed by atoms with Crippen LogP contribution in [0, 0.1) is 11.3 Å². The minimum Gasteiger partial charge on any atom is -0.507 e. The number of hydrogen-bond acceptors (Lipinski definition) is 6. The van der Waals surface area contributed by atoms with Gasteiger partial charge in [0.15, 0.2) is 0 Å². The molecule has 1 saturated carbocycles. The van der Waals surface area contributed by atoms with Gasteiger partial charge in [0.2, 0.25) is 0 Å². The third-order valence-corrected chi connectivity index (χ3v) is 6.08. The molecule has 8 heteroatoms. The molecule has 3 N–H and O–H groups in total. The lowest BCUT2D eigenvalue weighted by molar-refractivity contribution is 0.0955. The largest absolute Gasteiger partial charge is 0.507 e. The summed E-state index contributed by atoms with van der Waals surface area (Å²) in [7, 11) is 0. The van der Waals surface area contributed by atoms with Gasteiger partial charge in [0.05, 0.1) is 11.8 Å². The molecule has 3 aromatic rings. The molecule has 0 bridgehead atoms. The number of hydrogen-bond donors (Lipinski definition) is 3. The third-order valence-electron chi connectivity index (χ3n) is 6.08. The second-order valence-electron chi connectivity index (χ2n) is 8.46. The number of amides is 2. The number of ether oxygens (including phenoxy) is 1. The molecule has 178 valence electrons. The van der Waals surface area contributed by atoms with Gasteiger partial charge in [-0.15, -0.1) is 0 Å². The Morgan fingerprint density at radius 3 is 2.63 bits per heavy atom. The predicted molar refractivity (Wildman–Crippen MR) is 132 cm³/mol. The molecule has 8 nitrogen and oxygen atoms in total. The number of alkyl carbamates (subject to hydrolysis) is 1. The smallest absolute Gasteiger partial charge is 0.407 e. The van der Waals surface area contributed by atoms with Crippen LogP contribution in [0.2, 0.25) is 0 Å². The van der Waals surface area contributed by atoms with Crippen molar-refractivity contribution in [3.63, 3.8) is 0 Å². The fourth-order valence-electron chi connectivity index (χ4n) is 4.21. The molecule has 0 aliphatic heterocycles. The van der Waals surface area contributed by atoms with Gasteiger partial charge in [0.25, 0.3) is 5.91 Å². The summed E-state index contributed by atoms with van der Waals surface area (Å²) in [5, 5.41) is 27.4. The summed E-state index contributed by atoms with van der Waals surface area (Å²) in [6, 6.07) is 17.4. The second-order valence-corrected chi connectivity index (χ2v) is 8.46. The van der Waals surface area contributed by atoms with E-state index in [1.807, 2.05) is 42.5 Å². The van der Waals surface area contributed by atoms with Gasteiger partial charge in [0.1, 0.15) is 18.4 Å². The van der Waals surface area contributed by atoms with Gasteiger partial charge in [-0.25, -0.2) is 10.2 Å². The highest BCUT2D eigenvalue weighted by Crippen LogP contribution is 2.23. The van der Waals surface area contributed by atoms with Gasteiger partial charge >= 0.3 is 6.09 Å². The Hall–Kier alpha value is -4.38. The third kappa shape index (κ3) is 5.95. The molecule has 1 fully saturated rings. The standard InChI is InChI=1S/C27H26N4O4/c28-15-21-14-18(12-13-25(21)32)26(33)31-29-16-19-10-11-20(24-9-5-4-8-23(19)24)17-35-27(34)30-22-6-2-1-3-7-22/h4-5,8-14,16,22,32H,1-3,6-7,17H2,(H,30,34)(H,31,33)/b29-16+. The number of carbonyl (C=O) groups is 2. The zero-order valence-corrected chi connectivity index (χ0v) is 19.2. The van der Waals surface area contributed by atoms with Crippen LogP contribution in [0.15, 0.2) is 59.7 Å². The zero-order valence-electron chi connectivity index (χ0n) is 19.2. The molecule has 1 aliphatic rings. The van der Waals surface area contributed by atoms with Crippen LogP contribution in [-0.4, -0.2) is 29.4 Å². The Balaban J connectivity index is 1.42. The number of fused-ring (bicyclic) bond motifs is 1. The molecular formula is C27H26N4O4. The maximum atomic E-state index is 12.4. The molecule has 0 saturated heterocycles. The molecular weight excluding hydrogens is 444 g/mol. The van der Waals surface area contributed by atoms with E-state index >= 15 is 0 Å². The van der Waals surface area contributed by atoms with Gasteiger partial charge < -0.3 is 15.2 Å². The Morgan fingerprint density at radius 2 is 1.86 bits per heavy atom. The van der Waals surface area contributed by atoms with E-state index in [1.54, 1.807) is 0 Å². The highest BCUT2D eigenvalue weighted by molar-refractivity contribution is 6.02. The quantitative estimate of drug-likeness (QED) is 0.355.